The second-order valence-corrected chi connectivity index (χ2v) is 6.93. The standard InChI is InChI=1S/C16H15F2NO4S/c1-2-19(14-5-3-11(17)9-13(14)18)24(20,21)12-4-6-15-16(10-12)23-8-7-22-15/h3-6,9-10H,2,7-8H2,1H3. The van der Waals surface area contributed by atoms with Crippen LogP contribution in [0.15, 0.2) is 41.3 Å². The molecule has 0 radical (unpaired) electrons. The Morgan fingerprint density at radius 3 is 2.42 bits per heavy atom. The van der Waals surface area contributed by atoms with E-state index in [1.165, 1.54) is 18.2 Å². The van der Waals surface area contributed by atoms with Crippen LogP contribution in [-0.4, -0.2) is 28.2 Å². The number of anilines is 1. The molecular weight excluding hydrogens is 340 g/mol. The highest BCUT2D eigenvalue weighted by molar-refractivity contribution is 7.92. The van der Waals surface area contributed by atoms with Crippen LogP contribution in [-0.2, 0) is 10.0 Å². The molecule has 1 aliphatic rings. The molecular formula is C16H15F2NO4S. The van der Waals surface area contributed by atoms with Crippen LogP contribution in [0.1, 0.15) is 6.92 Å². The zero-order valence-corrected chi connectivity index (χ0v) is 13.6. The summed E-state index contributed by atoms with van der Waals surface area (Å²) < 4.78 is 64.4. The van der Waals surface area contributed by atoms with Gasteiger partial charge in [-0.15, -0.1) is 0 Å². The van der Waals surface area contributed by atoms with Crippen molar-refractivity contribution in [3.63, 3.8) is 0 Å². The minimum Gasteiger partial charge on any atom is -0.486 e. The normalized spacial score (nSPS) is 13.6. The van der Waals surface area contributed by atoms with Gasteiger partial charge in [0.05, 0.1) is 10.6 Å². The van der Waals surface area contributed by atoms with Gasteiger partial charge in [0.15, 0.2) is 11.5 Å². The highest BCUT2D eigenvalue weighted by Gasteiger charge is 2.27. The Labute approximate surface area is 138 Å². The molecule has 0 unspecified atom stereocenters. The van der Waals surface area contributed by atoms with Crippen molar-refractivity contribution in [2.75, 3.05) is 24.1 Å². The van der Waals surface area contributed by atoms with Gasteiger partial charge in [0.1, 0.15) is 24.8 Å². The van der Waals surface area contributed by atoms with Crippen LogP contribution in [0.4, 0.5) is 14.5 Å². The number of ether oxygens (including phenoxy) is 2. The lowest BCUT2D eigenvalue weighted by Gasteiger charge is -2.24. The lowest BCUT2D eigenvalue weighted by Crippen LogP contribution is -2.31. The van der Waals surface area contributed by atoms with Gasteiger partial charge in [0, 0.05) is 18.7 Å². The molecule has 0 aliphatic carbocycles. The van der Waals surface area contributed by atoms with Gasteiger partial charge < -0.3 is 9.47 Å². The van der Waals surface area contributed by atoms with Gasteiger partial charge in [-0.25, -0.2) is 17.2 Å². The van der Waals surface area contributed by atoms with E-state index in [1.807, 2.05) is 0 Å². The first kappa shape index (κ1) is 16.5. The monoisotopic (exact) mass is 355 g/mol. The van der Waals surface area contributed by atoms with Gasteiger partial charge >= 0.3 is 0 Å². The van der Waals surface area contributed by atoms with Crippen molar-refractivity contribution in [3.05, 3.63) is 48.0 Å². The summed E-state index contributed by atoms with van der Waals surface area (Å²) in [6, 6.07) is 6.97. The van der Waals surface area contributed by atoms with E-state index in [1.54, 1.807) is 6.92 Å². The van der Waals surface area contributed by atoms with Crippen LogP contribution in [0, 0.1) is 11.6 Å². The summed E-state index contributed by atoms with van der Waals surface area (Å²) in [5, 5.41) is 0. The first-order valence-corrected chi connectivity index (χ1v) is 8.75. The Hall–Kier alpha value is -2.35. The molecule has 0 bridgehead atoms. The Morgan fingerprint density at radius 1 is 1.04 bits per heavy atom. The first-order valence-electron chi connectivity index (χ1n) is 7.31. The number of halogens is 2. The largest absolute Gasteiger partial charge is 0.486 e. The van der Waals surface area contributed by atoms with E-state index in [2.05, 4.69) is 0 Å². The summed E-state index contributed by atoms with van der Waals surface area (Å²) in [5.41, 5.74) is -0.214. The van der Waals surface area contributed by atoms with Crippen LogP contribution < -0.4 is 13.8 Å². The summed E-state index contributed by atoms with van der Waals surface area (Å²) >= 11 is 0. The van der Waals surface area contributed by atoms with E-state index in [-0.39, 0.29) is 17.1 Å². The number of sulfonamides is 1. The number of rotatable bonds is 4. The van der Waals surface area contributed by atoms with E-state index >= 15 is 0 Å². The lowest BCUT2D eigenvalue weighted by molar-refractivity contribution is 0.171. The molecule has 0 N–H and O–H groups in total. The van der Waals surface area contributed by atoms with E-state index in [0.717, 1.165) is 16.4 Å². The molecule has 5 nitrogen and oxygen atoms in total. The quantitative estimate of drug-likeness (QED) is 0.846. The molecule has 1 aliphatic heterocycles. The lowest BCUT2D eigenvalue weighted by atomic mass is 10.3. The molecule has 0 saturated carbocycles. The highest BCUT2D eigenvalue weighted by Crippen LogP contribution is 2.34. The van der Waals surface area contributed by atoms with Gasteiger partial charge in [-0.1, -0.05) is 0 Å². The Bertz CT molecular complexity index is 870. The van der Waals surface area contributed by atoms with Crippen molar-refractivity contribution >= 4 is 15.7 Å². The van der Waals surface area contributed by atoms with E-state index < -0.39 is 21.7 Å². The molecule has 0 atom stereocenters. The summed E-state index contributed by atoms with van der Waals surface area (Å²) in [6.07, 6.45) is 0. The molecule has 0 amide bonds. The zero-order valence-electron chi connectivity index (χ0n) is 12.8. The van der Waals surface area contributed by atoms with Crippen LogP contribution in [0.25, 0.3) is 0 Å². The number of nitrogens with zero attached hydrogens (tertiary/aromatic N) is 1. The van der Waals surface area contributed by atoms with Crippen molar-refractivity contribution in [3.8, 4) is 11.5 Å². The predicted octanol–water partition coefficient (Wildman–Crippen LogP) is 2.95. The molecule has 2 aromatic carbocycles. The topological polar surface area (TPSA) is 55.8 Å². The van der Waals surface area contributed by atoms with E-state index in [4.69, 9.17) is 9.47 Å². The Balaban J connectivity index is 2.04. The fraction of sp³-hybridized carbons (Fsp3) is 0.250. The molecule has 8 heteroatoms. The van der Waals surface area contributed by atoms with Crippen LogP contribution in [0.2, 0.25) is 0 Å². The minimum absolute atomic E-state index is 0.0146. The van der Waals surface area contributed by atoms with Crippen LogP contribution >= 0.6 is 0 Å². The summed E-state index contributed by atoms with van der Waals surface area (Å²) in [6.45, 7) is 2.26. The molecule has 128 valence electrons. The molecule has 0 fully saturated rings. The minimum atomic E-state index is -4.04. The number of hydrogen-bond donors (Lipinski definition) is 0. The Morgan fingerprint density at radius 2 is 1.75 bits per heavy atom. The van der Waals surface area contributed by atoms with Gasteiger partial charge in [-0.3, -0.25) is 4.31 Å². The number of fused-ring (bicyclic) bond motifs is 1. The number of benzene rings is 2. The van der Waals surface area contributed by atoms with Gasteiger partial charge in [-0.2, -0.15) is 0 Å². The molecule has 2 aromatic rings. The first-order chi connectivity index (χ1) is 11.4. The maximum atomic E-state index is 14.0. The average Bonchev–Trinajstić information content (AvgIpc) is 2.57. The molecule has 0 spiro atoms. The third kappa shape index (κ3) is 2.89. The predicted molar refractivity (Wildman–Crippen MR) is 84.0 cm³/mol. The fourth-order valence-corrected chi connectivity index (χ4v) is 3.96. The van der Waals surface area contributed by atoms with Crippen molar-refractivity contribution in [2.24, 2.45) is 0 Å². The fourth-order valence-electron chi connectivity index (χ4n) is 2.46. The molecule has 3 rings (SSSR count). The second-order valence-electron chi connectivity index (χ2n) is 5.07. The smallest absolute Gasteiger partial charge is 0.264 e. The SMILES string of the molecule is CCN(c1ccc(F)cc1F)S(=O)(=O)c1ccc2c(c1)OCCO2. The van der Waals surface area contributed by atoms with Crippen molar-refractivity contribution in [1.82, 2.24) is 0 Å². The summed E-state index contributed by atoms with van der Waals surface area (Å²) in [7, 11) is -4.04. The summed E-state index contributed by atoms with van der Waals surface area (Å²) in [4.78, 5) is -0.0580. The van der Waals surface area contributed by atoms with Crippen molar-refractivity contribution in [1.29, 1.82) is 0 Å². The Kier molecular flexibility index (Phi) is 4.31. The van der Waals surface area contributed by atoms with Crippen molar-refractivity contribution in [2.45, 2.75) is 11.8 Å². The average molecular weight is 355 g/mol. The molecule has 1 heterocycles. The number of hydrogen-bond acceptors (Lipinski definition) is 4. The second kappa shape index (κ2) is 6.27. The van der Waals surface area contributed by atoms with Crippen molar-refractivity contribution < 1.29 is 26.7 Å². The third-order valence-corrected chi connectivity index (χ3v) is 5.45. The van der Waals surface area contributed by atoms with Crippen LogP contribution in [0.5, 0.6) is 11.5 Å². The van der Waals surface area contributed by atoms with Gasteiger partial charge in [0.25, 0.3) is 10.0 Å². The third-order valence-electron chi connectivity index (χ3n) is 3.57. The van der Waals surface area contributed by atoms with Gasteiger partial charge in [0.2, 0.25) is 0 Å². The maximum absolute atomic E-state index is 14.0. The van der Waals surface area contributed by atoms with Gasteiger partial charge in [-0.05, 0) is 31.2 Å². The van der Waals surface area contributed by atoms with E-state index in [0.29, 0.717) is 30.8 Å². The van der Waals surface area contributed by atoms with E-state index in [9.17, 15) is 17.2 Å². The molecule has 24 heavy (non-hydrogen) atoms. The molecule has 0 saturated heterocycles. The zero-order chi connectivity index (χ0) is 17.3. The maximum Gasteiger partial charge on any atom is 0.264 e. The highest BCUT2D eigenvalue weighted by atomic mass is 32.2. The molecule has 0 aromatic heterocycles. The summed E-state index contributed by atoms with van der Waals surface area (Å²) in [5.74, 6) is -0.948. The van der Waals surface area contributed by atoms with Crippen LogP contribution in [0.3, 0.4) is 0 Å².